The predicted molar refractivity (Wildman–Crippen MR) is 37.1 cm³/mol. The Kier molecular flexibility index (Phi) is 2.25. The lowest BCUT2D eigenvalue weighted by atomic mass is 10.0. The van der Waals surface area contributed by atoms with Gasteiger partial charge in [-0.2, -0.15) is 0 Å². The minimum atomic E-state index is 0.615. The summed E-state index contributed by atoms with van der Waals surface area (Å²) in [6, 6.07) is 0. The Bertz CT molecular complexity index is 150. The molecule has 0 fully saturated rings. The van der Waals surface area contributed by atoms with Crippen LogP contribution in [0.25, 0.3) is 0 Å². The summed E-state index contributed by atoms with van der Waals surface area (Å²) >= 11 is 0. The summed E-state index contributed by atoms with van der Waals surface area (Å²) in [6.45, 7) is 0. The molecule has 0 aromatic heterocycles. The third-order valence-electron chi connectivity index (χ3n) is 1.43. The Morgan fingerprint density at radius 1 is 1.56 bits per heavy atom. The number of hydrogen-bond donors (Lipinski definition) is 0. The molecule has 1 heteroatoms. The van der Waals surface area contributed by atoms with Crippen LogP contribution in [-0.2, 0) is 4.79 Å². The zero-order valence-electron chi connectivity index (χ0n) is 5.34. The highest BCUT2D eigenvalue weighted by molar-refractivity contribution is 5.54. The Balaban J connectivity index is 2.40. The standard InChI is InChI=1S/C8H10O/c9-7-6-8-4-2-1-3-5-8/h1-2,5,7H,3-4,6H2. The number of hydrogen-bond acceptors (Lipinski definition) is 1. The van der Waals surface area contributed by atoms with Gasteiger partial charge in [0.1, 0.15) is 6.29 Å². The van der Waals surface area contributed by atoms with E-state index < -0.39 is 0 Å². The second-order valence-electron chi connectivity index (χ2n) is 2.14. The summed E-state index contributed by atoms with van der Waals surface area (Å²) in [5.74, 6) is 0. The van der Waals surface area contributed by atoms with Gasteiger partial charge in [-0.25, -0.2) is 0 Å². The Morgan fingerprint density at radius 2 is 2.44 bits per heavy atom. The van der Waals surface area contributed by atoms with Gasteiger partial charge in [0.05, 0.1) is 0 Å². The first-order valence-corrected chi connectivity index (χ1v) is 3.20. The van der Waals surface area contributed by atoms with Crippen molar-refractivity contribution < 1.29 is 4.79 Å². The van der Waals surface area contributed by atoms with Crippen LogP contribution in [0.2, 0.25) is 0 Å². The molecular weight excluding hydrogens is 112 g/mol. The minimum Gasteiger partial charge on any atom is -0.303 e. The van der Waals surface area contributed by atoms with Crippen molar-refractivity contribution in [3.05, 3.63) is 23.8 Å². The molecule has 0 aliphatic heterocycles. The molecule has 0 spiro atoms. The molecule has 0 aromatic carbocycles. The normalized spacial score (nSPS) is 17.1. The second kappa shape index (κ2) is 3.23. The van der Waals surface area contributed by atoms with E-state index in [9.17, 15) is 4.79 Å². The summed E-state index contributed by atoms with van der Waals surface area (Å²) in [4.78, 5) is 10.0. The van der Waals surface area contributed by atoms with E-state index >= 15 is 0 Å². The van der Waals surface area contributed by atoms with Crippen molar-refractivity contribution in [1.82, 2.24) is 0 Å². The molecule has 1 aliphatic carbocycles. The van der Waals surface area contributed by atoms with Crippen LogP contribution in [0.3, 0.4) is 0 Å². The lowest BCUT2D eigenvalue weighted by Gasteiger charge is -2.02. The molecule has 1 rings (SSSR count). The zero-order chi connectivity index (χ0) is 6.53. The van der Waals surface area contributed by atoms with Gasteiger partial charge in [0, 0.05) is 6.42 Å². The van der Waals surface area contributed by atoms with Crippen LogP contribution in [0.5, 0.6) is 0 Å². The Hall–Kier alpha value is -0.850. The highest BCUT2D eigenvalue weighted by Gasteiger charge is 1.95. The molecule has 48 valence electrons. The van der Waals surface area contributed by atoms with E-state index in [1.54, 1.807) is 0 Å². The molecule has 0 bridgehead atoms. The highest BCUT2D eigenvalue weighted by Crippen LogP contribution is 2.12. The summed E-state index contributed by atoms with van der Waals surface area (Å²) in [5, 5.41) is 0. The molecule has 0 unspecified atom stereocenters. The van der Waals surface area contributed by atoms with Crippen molar-refractivity contribution in [2.75, 3.05) is 0 Å². The fourth-order valence-corrected chi connectivity index (χ4v) is 0.923. The van der Waals surface area contributed by atoms with Crippen LogP contribution in [0, 0.1) is 0 Å². The maximum atomic E-state index is 10.0. The summed E-state index contributed by atoms with van der Waals surface area (Å²) in [7, 11) is 0. The van der Waals surface area contributed by atoms with Crippen molar-refractivity contribution in [3.63, 3.8) is 0 Å². The van der Waals surface area contributed by atoms with E-state index in [1.807, 2.05) is 0 Å². The quantitative estimate of drug-likeness (QED) is 0.403. The molecule has 0 radical (unpaired) electrons. The molecule has 0 amide bonds. The SMILES string of the molecule is O=CCC1=CCC=CC1. The van der Waals surface area contributed by atoms with Crippen LogP contribution in [0.1, 0.15) is 19.3 Å². The minimum absolute atomic E-state index is 0.615. The average molecular weight is 122 g/mol. The van der Waals surface area contributed by atoms with E-state index in [1.165, 1.54) is 5.57 Å². The number of aldehydes is 1. The van der Waals surface area contributed by atoms with Gasteiger partial charge in [-0.05, 0) is 12.8 Å². The van der Waals surface area contributed by atoms with Gasteiger partial charge in [0.25, 0.3) is 0 Å². The maximum absolute atomic E-state index is 10.0. The molecule has 0 aromatic rings. The van der Waals surface area contributed by atoms with Gasteiger partial charge in [0.15, 0.2) is 0 Å². The average Bonchev–Trinajstić information content (AvgIpc) is 1.91. The molecule has 0 saturated heterocycles. The zero-order valence-corrected chi connectivity index (χ0v) is 5.34. The van der Waals surface area contributed by atoms with Gasteiger partial charge in [-0.1, -0.05) is 23.8 Å². The summed E-state index contributed by atoms with van der Waals surface area (Å²) in [6.07, 6.45) is 9.90. The number of allylic oxidation sites excluding steroid dienone is 4. The van der Waals surface area contributed by atoms with Gasteiger partial charge in [0.2, 0.25) is 0 Å². The van der Waals surface area contributed by atoms with Crippen LogP contribution >= 0.6 is 0 Å². The molecule has 0 N–H and O–H groups in total. The molecule has 0 heterocycles. The van der Waals surface area contributed by atoms with Crippen LogP contribution < -0.4 is 0 Å². The van der Waals surface area contributed by atoms with Crippen molar-refractivity contribution in [3.8, 4) is 0 Å². The van der Waals surface area contributed by atoms with Gasteiger partial charge in [-0.3, -0.25) is 0 Å². The van der Waals surface area contributed by atoms with Crippen molar-refractivity contribution in [2.45, 2.75) is 19.3 Å². The Labute approximate surface area is 55.1 Å². The molecule has 1 nitrogen and oxygen atoms in total. The fraction of sp³-hybridized carbons (Fsp3) is 0.375. The lowest BCUT2D eigenvalue weighted by Crippen LogP contribution is -1.86. The van der Waals surface area contributed by atoms with Gasteiger partial charge >= 0.3 is 0 Å². The van der Waals surface area contributed by atoms with E-state index in [0.717, 1.165) is 19.1 Å². The first-order chi connectivity index (χ1) is 4.43. The molecule has 0 atom stereocenters. The van der Waals surface area contributed by atoms with E-state index in [2.05, 4.69) is 18.2 Å². The van der Waals surface area contributed by atoms with Crippen molar-refractivity contribution in [2.24, 2.45) is 0 Å². The summed E-state index contributed by atoms with van der Waals surface area (Å²) < 4.78 is 0. The third-order valence-corrected chi connectivity index (χ3v) is 1.43. The number of carbonyl (C=O) groups is 1. The lowest BCUT2D eigenvalue weighted by molar-refractivity contribution is -0.107. The molecule has 0 saturated carbocycles. The van der Waals surface area contributed by atoms with Crippen molar-refractivity contribution in [1.29, 1.82) is 0 Å². The van der Waals surface area contributed by atoms with E-state index in [4.69, 9.17) is 0 Å². The monoisotopic (exact) mass is 122 g/mol. The first-order valence-electron chi connectivity index (χ1n) is 3.20. The summed E-state index contributed by atoms with van der Waals surface area (Å²) in [5.41, 5.74) is 1.26. The topological polar surface area (TPSA) is 17.1 Å². The smallest absolute Gasteiger partial charge is 0.124 e. The van der Waals surface area contributed by atoms with E-state index in [-0.39, 0.29) is 0 Å². The number of carbonyl (C=O) groups excluding carboxylic acids is 1. The highest BCUT2D eigenvalue weighted by atomic mass is 16.1. The number of rotatable bonds is 2. The van der Waals surface area contributed by atoms with Crippen molar-refractivity contribution >= 4 is 6.29 Å². The van der Waals surface area contributed by atoms with Crippen LogP contribution in [0.15, 0.2) is 23.8 Å². The maximum Gasteiger partial charge on any atom is 0.124 e. The Morgan fingerprint density at radius 3 is 3.00 bits per heavy atom. The molecule has 1 aliphatic rings. The third kappa shape index (κ3) is 1.84. The van der Waals surface area contributed by atoms with Gasteiger partial charge in [-0.15, -0.1) is 0 Å². The molecular formula is C8H10O. The van der Waals surface area contributed by atoms with E-state index in [0.29, 0.717) is 6.42 Å². The largest absolute Gasteiger partial charge is 0.303 e. The van der Waals surface area contributed by atoms with Crippen LogP contribution in [-0.4, -0.2) is 6.29 Å². The first kappa shape index (κ1) is 6.27. The van der Waals surface area contributed by atoms with Gasteiger partial charge < -0.3 is 4.79 Å². The second-order valence-corrected chi connectivity index (χ2v) is 2.14. The fourth-order valence-electron chi connectivity index (χ4n) is 0.923. The van der Waals surface area contributed by atoms with Crippen LogP contribution in [0.4, 0.5) is 0 Å². The predicted octanol–water partition coefficient (Wildman–Crippen LogP) is 1.85. The molecule has 9 heavy (non-hydrogen) atoms.